The molecule has 2 aromatic carbocycles. The van der Waals surface area contributed by atoms with Crippen LogP contribution in [0.1, 0.15) is 5.56 Å². The maximum absolute atomic E-state index is 13.6. The summed E-state index contributed by atoms with van der Waals surface area (Å²) in [6.45, 7) is 0.961. The Morgan fingerprint density at radius 1 is 0.962 bits per heavy atom. The predicted octanol–water partition coefficient (Wildman–Crippen LogP) is 2.51. The fourth-order valence-corrected chi connectivity index (χ4v) is 4.32. The van der Waals surface area contributed by atoms with Crippen molar-refractivity contribution in [2.24, 2.45) is 0 Å². The Kier molecular flexibility index (Phi) is 5.53. The molecule has 1 N–H and O–H groups in total. The number of hydrogen-bond acceptors (Lipinski definition) is 3. The van der Waals surface area contributed by atoms with Gasteiger partial charge in [-0.3, -0.25) is 0 Å². The molecule has 2 aromatic rings. The molecular weight excluding hydrogens is 357 g/mol. The van der Waals surface area contributed by atoms with Crippen LogP contribution in [-0.4, -0.2) is 49.8 Å². The number of nitrogens with one attached hydrogen (secondary N) is 1. The van der Waals surface area contributed by atoms with E-state index in [1.54, 1.807) is 36.4 Å². The Hall–Kier alpha value is -2.45. The highest BCUT2D eigenvalue weighted by Crippen LogP contribution is 2.16. The minimum Gasteiger partial charge on any atom is -0.322 e. The van der Waals surface area contributed by atoms with Gasteiger partial charge in [-0.05, 0) is 17.7 Å². The Morgan fingerprint density at radius 2 is 1.58 bits per heavy atom. The van der Waals surface area contributed by atoms with Crippen molar-refractivity contribution in [3.63, 3.8) is 0 Å². The standard InChI is InChI=1S/C18H20FN3O3S/c19-16-8-4-5-9-17(16)20-18(23)21-10-12-22(13-11-21)26(24,25)14-15-6-2-1-3-7-15/h1-9H,10-14H2,(H,20,23). The average Bonchev–Trinajstić information content (AvgIpc) is 2.64. The normalized spacial score (nSPS) is 15.7. The first-order chi connectivity index (χ1) is 12.5. The van der Waals surface area contributed by atoms with Gasteiger partial charge in [-0.2, -0.15) is 4.31 Å². The van der Waals surface area contributed by atoms with Crippen molar-refractivity contribution >= 4 is 21.7 Å². The number of urea groups is 1. The van der Waals surface area contributed by atoms with Gasteiger partial charge in [0, 0.05) is 26.2 Å². The maximum atomic E-state index is 13.6. The van der Waals surface area contributed by atoms with E-state index in [1.807, 2.05) is 6.07 Å². The Labute approximate surface area is 152 Å². The Morgan fingerprint density at radius 3 is 2.23 bits per heavy atom. The van der Waals surface area contributed by atoms with Gasteiger partial charge < -0.3 is 10.2 Å². The van der Waals surface area contributed by atoms with Crippen LogP contribution in [0.15, 0.2) is 54.6 Å². The van der Waals surface area contributed by atoms with E-state index >= 15 is 0 Å². The zero-order valence-electron chi connectivity index (χ0n) is 14.1. The van der Waals surface area contributed by atoms with Crippen LogP contribution < -0.4 is 5.32 Å². The van der Waals surface area contributed by atoms with Crippen LogP contribution in [0.2, 0.25) is 0 Å². The fraction of sp³-hybridized carbons (Fsp3) is 0.278. The van der Waals surface area contributed by atoms with Crippen molar-refractivity contribution in [2.45, 2.75) is 5.75 Å². The monoisotopic (exact) mass is 377 g/mol. The second-order valence-electron chi connectivity index (χ2n) is 6.04. The summed E-state index contributed by atoms with van der Waals surface area (Å²) in [6.07, 6.45) is 0. The number of hydrogen-bond donors (Lipinski definition) is 1. The highest BCUT2D eigenvalue weighted by Gasteiger charge is 2.29. The van der Waals surface area contributed by atoms with Crippen molar-refractivity contribution in [3.05, 3.63) is 66.0 Å². The lowest BCUT2D eigenvalue weighted by molar-refractivity contribution is 0.184. The molecule has 3 rings (SSSR count). The van der Waals surface area contributed by atoms with Crippen LogP contribution in [-0.2, 0) is 15.8 Å². The molecule has 2 amide bonds. The van der Waals surface area contributed by atoms with Gasteiger partial charge in [-0.1, -0.05) is 42.5 Å². The number of para-hydroxylation sites is 1. The number of halogens is 1. The summed E-state index contributed by atoms with van der Waals surface area (Å²) in [5.41, 5.74) is 0.837. The minimum absolute atomic E-state index is 0.0603. The lowest BCUT2D eigenvalue weighted by Gasteiger charge is -2.34. The summed E-state index contributed by atoms with van der Waals surface area (Å²) >= 11 is 0. The highest BCUT2D eigenvalue weighted by atomic mass is 32.2. The molecular formula is C18H20FN3O3S. The molecule has 1 fully saturated rings. The molecule has 0 unspecified atom stereocenters. The first-order valence-corrected chi connectivity index (χ1v) is 9.89. The fourth-order valence-electron chi connectivity index (χ4n) is 2.80. The first-order valence-electron chi connectivity index (χ1n) is 8.28. The van der Waals surface area contributed by atoms with Gasteiger partial charge in [0.2, 0.25) is 10.0 Å². The molecule has 6 nitrogen and oxygen atoms in total. The molecule has 1 aliphatic heterocycles. The van der Waals surface area contributed by atoms with E-state index in [-0.39, 0.29) is 37.6 Å². The number of benzene rings is 2. The second kappa shape index (κ2) is 7.84. The highest BCUT2D eigenvalue weighted by molar-refractivity contribution is 7.88. The van der Waals surface area contributed by atoms with Gasteiger partial charge in [0.25, 0.3) is 0 Å². The van der Waals surface area contributed by atoms with E-state index in [2.05, 4.69) is 5.32 Å². The molecule has 1 saturated heterocycles. The van der Waals surface area contributed by atoms with Crippen molar-refractivity contribution in [3.8, 4) is 0 Å². The summed E-state index contributed by atoms with van der Waals surface area (Å²) < 4.78 is 40.1. The van der Waals surface area contributed by atoms with Gasteiger partial charge in [-0.25, -0.2) is 17.6 Å². The third-order valence-corrected chi connectivity index (χ3v) is 6.08. The molecule has 0 saturated carbocycles. The molecule has 0 radical (unpaired) electrons. The topological polar surface area (TPSA) is 69.7 Å². The summed E-state index contributed by atoms with van der Waals surface area (Å²) in [5.74, 6) is -0.570. The molecule has 26 heavy (non-hydrogen) atoms. The summed E-state index contributed by atoms with van der Waals surface area (Å²) in [7, 11) is -3.44. The first kappa shape index (κ1) is 18.3. The zero-order valence-corrected chi connectivity index (χ0v) is 15.0. The van der Waals surface area contributed by atoms with Crippen molar-refractivity contribution in [1.82, 2.24) is 9.21 Å². The van der Waals surface area contributed by atoms with Crippen LogP contribution in [0.25, 0.3) is 0 Å². The van der Waals surface area contributed by atoms with Crippen LogP contribution in [0, 0.1) is 5.82 Å². The van der Waals surface area contributed by atoms with Gasteiger partial charge in [0.15, 0.2) is 0 Å². The van der Waals surface area contributed by atoms with Gasteiger partial charge in [0.05, 0.1) is 11.4 Å². The molecule has 138 valence electrons. The second-order valence-corrected chi connectivity index (χ2v) is 8.01. The quantitative estimate of drug-likeness (QED) is 0.890. The lowest BCUT2D eigenvalue weighted by atomic mass is 10.2. The smallest absolute Gasteiger partial charge is 0.322 e. The van der Waals surface area contributed by atoms with Crippen molar-refractivity contribution in [2.75, 3.05) is 31.5 Å². The third-order valence-electron chi connectivity index (χ3n) is 4.23. The third kappa shape index (κ3) is 4.39. The van der Waals surface area contributed by atoms with Crippen molar-refractivity contribution < 1.29 is 17.6 Å². The van der Waals surface area contributed by atoms with E-state index in [4.69, 9.17) is 0 Å². The van der Waals surface area contributed by atoms with E-state index in [1.165, 1.54) is 21.3 Å². The van der Waals surface area contributed by atoms with Crippen LogP contribution in [0.5, 0.6) is 0 Å². The molecule has 8 heteroatoms. The maximum Gasteiger partial charge on any atom is 0.322 e. The average molecular weight is 377 g/mol. The Balaban J connectivity index is 1.57. The van der Waals surface area contributed by atoms with Crippen LogP contribution in [0.4, 0.5) is 14.9 Å². The number of anilines is 1. The van der Waals surface area contributed by atoms with E-state index in [0.717, 1.165) is 5.56 Å². The van der Waals surface area contributed by atoms with E-state index in [0.29, 0.717) is 0 Å². The molecule has 0 aliphatic carbocycles. The van der Waals surface area contributed by atoms with Gasteiger partial charge in [0.1, 0.15) is 5.82 Å². The Bertz CT molecular complexity index is 866. The van der Waals surface area contributed by atoms with Crippen LogP contribution in [0.3, 0.4) is 0 Å². The minimum atomic E-state index is -3.44. The number of rotatable bonds is 4. The number of carbonyl (C=O) groups excluding carboxylic acids is 1. The van der Waals surface area contributed by atoms with Gasteiger partial charge in [-0.15, -0.1) is 0 Å². The molecule has 0 aromatic heterocycles. The SMILES string of the molecule is O=C(Nc1ccccc1F)N1CCN(S(=O)(=O)Cc2ccccc2)CC1. The number of amides is 2. The molecule has 1 aliphatic rings. The van der Waals surface area contributed by atoms with E-state index < -0.39 is 21.9 Å². The molecule has 0 atom stereocenters. The molecule has 1 heterocycles. The molecule has 0 spiro atoms. The van der Waals surface area contributed by atoms with Crippen LogP contribution >= 0.6 is 0 Å². The summed E-state index contributed by atoms with van der Waals surface area (Å²) in [4.78, 5) is 13.7. The number of sulfonamides is 1. The molecule has 0 bridgehead atoms. The number of nitrogens with zero attached hydrogens (tertiary/aromatic N) is 2. The summed E-state index contributed by atoms with van der Waals surface area (Å²) in [6, 6.07) is 14.5. The predicted molar refractivity (Wildman–Crippen MR) is 97.6 cm³/mol. The zero-order chi connectivity index (χ0) is 18.6. The van der Waals surface area contributed by atoms with Gasteiger partial charge >= 0.3 is 6.03 Å². The number of piperazine rings is 1. The largest absolute Gasteiger partial charge is 0.322 e. The summed E-state index contributed by atoms with van der Waals surface area (Å²) in [5, 5.41) is 2.52. The van der Waals surface area contributed by atoms with Crippen molar-refractivity contribution in [1.29, 1.82) is 0 Å². The van der Waals surface area contributed by atoms with E-state index in [9.17, 15) is 17.6 Å². The lowest BCUT2D eigenvalue weighted by Crippen LogP contribution is -2.51. The number of carbonyl (C=O) groups is 1.